The van der Waals surface area contributed by atoms with E-state index in [0.29, 0.717) is 18.1 Å². The number of hydrogen-bond donors (Lipinski definition) is 0. The van der Waals surface area contributed by atoms with Gasteiger partial charge in [-0.25, -0.2) is 9.78 Å². The molecule has 39 heavy (non-hydrogen) atoms. The number of rotatable bonds is 5. The Balaban J connectivity index is 1.16. The number of fused-ring (bicyclic) bond motifs is 3. The van der Waals surface area contributed by atoms with Gasteiger partial charge in [-0.2, -0.15) is 0 Å². The lowest BCUT2D eigenvalue weighted by Crippen LogP contribution is -2.49. The largest absolute Gasteiger partial charge is 0.444 e. The maximum absolute atomic E-state index is 12.8. The van der Waals surface area contributed by atoms with Crippen molar-refractivity contribution >= 4 is 17.1 Å². The fourth-order valence-electron chi connectivity index (χ4n) is 7.71. The van der Waals surface area contributed by atoms with E-state index in [4.69, 9.17) is 9.72 Å². The third-order valence-corrected chi connectivity index (χ3v) is 9.60. The molecule has 0 saturated carbocycles. The van der Waals surface area contributed by atoms with Crippen LogP contribution in [0, 0.1) is 6.92 Å². The molecule has 0 radical (unpaired) electrons. The number of benzene rings is 2. The van der Waals surface area contributed by atoms with Crippen molar-refractivity contribution in [2.45, 2.75) is 102 Å². The lowest BCUT2D eigenvalue weighted by molar-refractivity contribution is 0.0144. The quantitative estimate of drug-likeness (QED) is 0.363. The topological polar surface area (TPSA) is 50.6 Å². The number of para-hydroxylation sites is 2. The van der Waals surface area contributed by atoms with Gasteiger partial charge in [0.1, 0.15) is 11.4 Å². The molecule has 2 aromatic carbocycles. The predicted molar refractivity (Wildman–Crippen MR) is 156 cm³/mol. The molecule has 3 aliphatic heterocycles. The van der Waals surface area contributed by atoms with Gasteiger partial charge in [0.05, 0.1) is 11.0 Å². The Morgan fingerprint density at radius 2 is 1.59 bits per heavy atom. The Morgan fingerprint density at radius 3 is 2.26 bits per heavy atom. The first-order valence-corrected chi connectivity index (χ1v) is 15.0. The molecule has 3 atom stereocenters. The van der Waals surface area contributed by atoms with Gasteiger partial charge < -0.3 is 14.2 Å². The van der Waals surface area contributed by atoms with Crippen molar-refractivity contribution in [2.24, 2.45) is 0 Å². The van der Waals surface area contributed by atoms with E-state index in [1.54, 1.807) is 0 Å². The molecular weight excluding hydrogens is 484 g/mol. The molecule has 3 fully saturated rings. The molecule has 208 valence electrons. The van der Waals surface area contributed by atoms with E-state index < -0.39 is 5.60 Å². The number of likely N-dealkylation sites (tertiary alicyclic amines) is 1. The van der Waals surface area contributed by atoms with Crippen LogP contribution in [-0.4, -0.2) is 62.8 Å². The Hall–Kier alpha value is -2.86. The zero-order chi connectivity index (χ0) is 27.2. The first kappa shape index (κ1) is 26.4. The van der Waals surface area contributed by atoms with Gasteiger partial charge in [-0.1, -0.05) is 42.5 Å². The monoisotopic (exact) mass is 528 g/mol. The Morgan fingerprint density at radius 1 is 0.949 bits per heavy atom. The van der Waals surface area contributed by atoms with Gasteiger partial charge in [0.15, 0.2) is 0 Å². The van der Waals surface area contributed by atoms with Crippen LogP contribution in [0.1, 0.15) is 83.1 Å². The highest BCUT2D eigenvalue weighted by Gasteiger charge is 2.44. The van der Waals surface area contributed by atoms with Crippen molar-refractivity contribution < 1.29 is 9.53 Å². The number of carbonyl (C=O) groups is 1. The van der Waals surface area contributed by atoms with E-state index in [1.807, 2.05) is 25.7 Å². The number of aryl methyl sites for hydroxylation is 1. The Kier molecular flexibility index (Phi) is 6.95. The molecule has 6 rings (SSSR count). The second-order valence-electron chi connectivity index (χ2n) is 13.1. The highest BCUT2D eigenvalue weighted by molar-refractivity contribution is 5.76. The van der Waals surface area contributed by atoms with Crippen LogP contribution in [-0.2, 0) is 10.2 Å². The van der Waals surface area contributed by atoms with Crippen LogP contribution < -0.4 is 0 Å². The molecule has 0 N–H and O–H groups in total. The third kappa shape index (κ3) is 5.20. The Labute approximate surface area is 233 Å². The second kappa shape index (κ2) is 10.3. The smallest absolute Gasteiger partial charge is 0.410 e. The molecule has 4 heterocycles. The molecule has 2 bridgehead atoms. The van der Waals surface area contributed by atoms with Crippen LogP contribution in [0.3, 0.4) is 0 Å². The molecule has 0 spiro atoms. The molecule has 0 unspecified atom stereocenters. The third-order valence-electron chi connectivity index (χ3n) is 9.60. The molecule has 6 heteroatoms. The van der Waals surface area contributed by atoms with Crippen molar-refractivity contribution in [1.29, 1.82) is 0 Å². The summed E-state index contributed by atoms with van der Waals surface area (Å²) < 4.78 is 8.21. The lowest BCUT2D eigenvalue weighted by atomic mass is 9.70. The van der Waals surface area contributed by atoms with Crippen molar-refractivity contribution in [1.82, 2.24) is 19.4 Å². The highest BCUT2D eigenvalue weighted by atomic mass is 16.6. The number of aromatic nitrogens is 2. The van der Waals surface area contributed by atoms with Crippen molar-refractivity contribution in [3.8, 4) is 0 Å². The highest BCUT2D eigenvalue weighted by Crippen LogP contribution is 2.45. The van der Waals surface area contributed by atoms with Crippen LogP contribution in [0.5, 0.6) is 0 Å². The van der Waals surface area contributed by atoms with Gasteiger partial charge in [0.2, 0.25) is 0 Å². The first-order valence-electron chi connectivity index (χ1n) is 15.0. The van der Waals surface area contributed by atoms with Gasteiger partial charge in [-0.3, -0.25) is 4.90 Å². The normalized spacial score (nSPS) is 25.2. The fourth-order valence-corrected chi connectivity index (χ4v) is 7.71. The van der Waals surface area contributed by atoms with Crippen LogP contribution in [0.15, 0.2) is 54.6 Å². The number of ether oxygens (including phenoxy) is 1. The van der Waals surface area contributed by atoms with Gasteiger partial charge >= 0.3 is 6.09 Å². The number of carbonyl (C=O) groups excluding carboxylic acids is 1. The van der Waals surface area contributed by atoms with Gasteiger partial charge in [-0.05, 0) is 102 Å². The summed E-state index contributed by atoms with van der Waals surface area (Å²) in [5, 5.41) is 0. The molecule has 3 aliphatic rings. The second-order valence-corrected chi connectivity index (χ2v) is 13.1. The summed E-state index contributed by atoms with van der Waals surface area (Å²) in [6.07, 6.45) is 7.97. The molecule has 3 saturated heterocycles. The van der Waals surface area contributed by atoms with Gasteiger partial charge in [0.25, 0.3) is 0 Å². The SMILES string of the molecule is Cc1nc2ccccc2n1[C@@H]1C[C@H]2CC[C@@H](C1)N2CCC1(c2ccccc2)CCN(C(=O)OC(C)(C)C)CC1. The number of hydrogen-bond acceptors (Lipinski definition) is 4. The summed E-state index contributed by atoms with van der Waals surface area (Å²) in [6, 6.07) is 21.5. The van der Waals surface area contributed by atoms with E-state index in [9.17, 15) is 4.79 Å². The van der Waals surface area contributed by atoms with Crippen LogP contribution in [0.4, 0.5) is 4.79 Å². The minimum Gasteiger partial charge on any atom is -0.444 e. The maximum Gasteiger partial charge on any atom is 0.410 e. The van der Waals surface area contributed by atoms with Crippen LogP contribution in [0.25, 0.3) is 11.0 Å². The fraction of sp³-hybridized carbons (Fsp3) is 0.576. The molecule has 6 nitrogen and oxygen atoms in total. The Bertz CT molecular complexity index is 1290. The predicted octanol–water partition coefficient (Wildman–Crippen LogP) is 6.87. The van der Waals surface area contributed by atoms with Gasteiger partial charge in [0, 0.05) is 31.2 Å². The van der Waals surface area contributed by atoms with Gasteiger partial charge in [-0.15, -0.1) is 0 Å². The van der Waals surface area contributed by atoms with E-state index >= 15 is 0 Å². The summed E-state index contributed by atoms with van der Waals surface area (Å²) in [4.78, 5) is 22.4. The zero-order valence-corrected chi connectivity index (χ0v) is 24.1. The number of amides is 1. The minimum absolute atomic E-state index is 0.104. The van der Waals surface area contributed by atoms with Crippen LogP contribution in [0.2, 0.25) is 0 Å². The number of imidazole rings is 1. The van der Waals surface area contributed by atoms with Crippen molar-refractivity contribution in [3.63, 3.8) is 0 Å². The molecular formula is C33H44N4O2. The summed E-state index contributed by atoms with van der Waals surface area (Å²) in [5.74, 6) is 1.15. The van der Waals surface area contributed by atoms with Crippen molar-refractivity contribution in [2.75, 3.05) is 19.6 Å². The summed E-state index contributed by atoms with van der Waals surface area (Å²) in [5.41, 5.74) is 3.47. The van der Waals surface area contributed by atoms with E-state index in [2.05, 4.69) is 71.0 Å². The zero-order valence-electron chi connectivity index (χ0n) is 24.1. The van der Waals surface area contributed by atoms with E-state index in [-0.39, 0.29) is 11.5 Å². The average Bonchev–Trinajstić information content (AvgIpc) is 3.37. The van der Waals surface area contributed by atoms with Crippen LogP contribution >= 0.6 is 0 Å². The molecule has 1 aromatic heterocycles. The number of piperidine rings is 2. The maximum atomic E-state index is 12.8. The molecule has 0 aliphatic carbocycles. The van der Waals surface area contributed by atoms with E-state index in [0.717, 1.165) is 50.2 Å². The minimum atomic E-state index is -0.460. The standard InChI is InChI=1S/C33H44N4O2/c1-24-34-29-12-8-9-13-30(29)37(24)28-22-26-14-15-27(23-28)36(26)21-18-33(25-10-6-5-7-11-25)16-19-35(20-17-33)31(38)39-32(2,3)4/h5-13,26-28H,14-23H2,1-4H3/t26-,27+,28-. The lowest BCUT2D eigenvalue weighted by Gasteiger charge is -2.45. The van der Waals surface area contributed by atoms with Crippen molar-refractivity contribution in [3.05, 3.63) is 66.0 Å². The first-order chi connectivity index (χ1) is 18.7. The molecule has 3 aromatic rings. The summed E-state index contributed by atoms with van der Waals surface area (Å²) >= 11 is 0. The number of nitrogens with zero attached hydrogens (tertiary/aromatic N) is 4. The summed E-state index contributed by atoms with van der Waals surface area (Å²) in [6.45, 7) is 10.6. The average molecular weight is 529 g/mol. The summed E-state index contributed by atoms with van der Waals surface area (Å²) in [7, 11) is 0. The van der Waals surface area contributed by atoms with E-state index in [1.165, 1.54) is 36.8 Å². The molecule has 1 amide bonds.